The van der Waals surface area contributed by atoms with E-state index >= 15 is 0 Å². The molecule has 0 radical (unpaired) electrons. The van der Waals surface area contributed by atoms with E-state index < -0.39 is 0 Å². The SMILES string of the molecule is CCCCNC(=NCc1nnc(C)n1C)NCC1CCC(C(C)C)CC1.I. The molecule has 0 aliphatic heterocycles. The first-order chi connectivity index (χ1) is 12.5. The van der Waals surface area contributed by atoms with Gasteiger partial charge in [-0.1, -0.05) is 27.2 Å². The maximum absolute atomic E-state index is 4.74. The number of unbranched alkanes of at least 4 members (excludes halogenated alkanes) is 1. The summed E-state index contributed by atoms with van der Waals surface area (Å²) in [5, 5.41) is 15.4. The van der Waals surface area contributed by atoms with Crippen LogP contribution in [0.1, 0.15) is 70.9 Å². The zero-order valence-corrected chi connectivity index (χ0v) is 20.1. The van der Waals surface area contributed by atoms with E-state index in [-0.39, 0.29) is 24.0 Å². The minimum absolute atomic E-state index is 0. The monoisotopic (exact) mass is 490 g/mol. The minimum atomic E-state index is 0. The largest absolute Gasteiger partial charge is 0.356 e. The zero-order chi connectivity index (χ0) is 18.9. The van der Waals surface area contributed by atoms with E-state index in [9.17, 15) is 0 Å². The van der Waals surface area contributed by atoms with E-state index in [2.05, 4.69) is 41.6 Å². The molecule has 1 aliphatic rings. The Labute approximate surface area is 182 Å². The quantitative estimate of drug-likeness (QED) is 0.250. The highest BCUT2D eigenvalue weighted by molar-refractivity contribution is 14.0. The highest BCUT2D eigenvalue weighted by Crippen LogP contribution is 2.32. The number of guanidine groups is 1. The highest BCUT2D eigenvalue weighted by atomic mass is 127. The van der Waals surface area contributed by atoms with Crippen molar-refractivity contribution >= 4 is 29.9 Å². The molecule has 1 saturated carbocycles. The Morgan fingerprint density at radius 3 is 2.44 bits per heavy atom. The highest BCUT2D eigenvalue weighted by Gasteiger charge is 2.23. The second-order valence-electron chi connectivity index (χ2n) is 8.07. The van der Waals surface area contributed by atoms with Gasteiger partial charge in [0.1, 0.15) is 12.4 Å². The van der Waals surface area contributed by atoms with Crippen molar-refractivity contribution in [2.24, 2.45) is 29.8 Å². The van der Waals surface area contributed by atoms with Crippen LogP contribution in [-0.4, -0.2) is 33.8 Å². The lowest BCUT2D eigenvalue weighted by molar-refractivity contribution is 0.224. The van der Waals surface area contributed by atoms with Crippen molar-refractivity contribution in [1.82, 2.24) is 25.4 Å². The predicted octanol–water partition coefficient (Wildman–Crippen LogP) is 4.04. The second-order valence-corrected chi connectivity index (χ2v) is 8.07. The number of aliphatic imine (C=N–C) groups is 1. The van der Waals surface area contributed by atoms with Crippen molar-refractivity contribution in [2.75, 3.05) is 13.1 Å². The molecular weight excluding hydrogens is 451 g/mol. The molecule has 1 aromatic rings. The summed E-state index contributed by atoms with van der Waals surface area (Å²) in [6, 6.07) is 0. The molecule has 0 bridgehead atoms. The smallest absolute Gasteiger partial charge is 0.191 e. The normalized spacial score (nSPS) is 20.4. The first kappa shape index (κ1) is 24.2. The third-order valence-electron chi connectivity index (χ3n) is 5.78. The molecule has 0 amide bonds. The van der Waals surface area contributed by atoms with E-state index in [1.807, 2.05) is 18.5 Å². The number of hydrogen-bond donors (Lipinski definition) is 2. The van der Waals surface area contributed by atoms with E-state index in [0.717, 1.165) is 54.9 Å². The summed E-state index contributed by atoms with van der Waals surface area (Å²) in [5.41, 5.74) is 0. The Hall–Kier alpha value is -0.860. The number of nitrogens with zero attached hydrogens (tertiary/aromatic N) is 4. The topological polar surface area (TPSA) is 67.1 Å². The van der Waals surface area contributed by atoms with Gasteiger partial charge in [-0.15, -0.1) is 34.2 Å². The van der Waals surface area contributed by atoms with Gasteiger partial charge in [0.25, 0.3) is 0 Å². The zero-order valence-electron chi connectivity index (χ0n) is 17.8. The van der Waals surface area contributed by atoms with Gasteiger partial charge in [0.2, 0.25) is 0 Å². The van der Waals surface area contributed by atoms with Gasteiger partial charge in [0.15, 0.2) is 11.8 Å². The fraction of sp³-hybridized carbons (Fsp3) is 0.850. The maximum Gasteiger partial charge on any atom is 0.191 e. The molecule has 0 spiro atoms. The van der Waals surface area contributed by atoms with Gasteiger partial charge in [-0.25, -0.2) is 4.99 Å². The molecule has 1 fully saturated rings. The fourth-order valence-electron chi connectivity index (χ4n) is 3.60. The fourth-order valence-corrected chi connectivity index (χ4v) is 3.60. The van der Waals surface area contributed by atoms with Crippen LogP contribution in [0.15, 0.2) is 4.99 Å². The average Bonchev–Trinajstić information content (AvgIpc) is 2.96. The van der Waals surface area contributed by atoms with Gasteiger partial charge in [-0.2, -0.15) is 0 Å². The second kappa shape index (κ2) is 12.6. The Morgan fingerprint density at radius 2 is 1.89 bits per heavy atom. The summed E-state index contributed by atoms with van der Waals surface area (Å²) >= 11 is 0. The lowest BCUT2D eigenvalue weighted by Gasteiger charge is -2.31. The van der Waals surface area contributed by atoms with E-state index in [1.54, 1.807) is 0 Å². The molecule has 2 N–H and O–H groups in total. The number of hydrogen-bond acceptors (Lipinski definition) is 3. The van der Waals surface area contributed by atoms with Crippen LogP contribution in [0.5, 0.6) is 0 Å². The molecule has 7 heteroatoms. The van der Waals surface area contributed by atoms with Crippen LogP contribution in [0.3, 0.4) is 0 Å². The van der Waals surface area contributed by atoms with Crippen LogP contribution in [0, 0.1) is 24.7 Å². The van der Waals surface area contributed by atoms with Crippen molar-refractivity contribution in [2.45, 2.75) is 72.8 Å². The van der Waals surface area contributed by atoms with Crippen LogP contribution in [0.2, 0.25) is 0 Å². The van der Waals surface area contributed by atoms with Crippen molar-refractivity contribution in [3.8, 4) is 0 Å². The lowest BCUT2D eigenvalue weighted by Crippen LogP contribution is -2.41. The Balaban J connectivity index is 0.00000364. The third kappa shape index (κ3) is 7.95. The summed E-state index contributed by atoms with van der Waals surface area (Å²) in [5.74, 6) is 5.24. The summed E-state index contributed by atoms with van der Waals surface area (Å²) in [6.45, 7) is 11.4. The van der Waals surface area contributed by atoms with Gasteiger partial charge in [-0.3, -0.25) is 0 Å². The van der Waals surface area contributed by atoms with Gasteiger partial charge >= 0.3 is 0 Å². The first-order valence-corrected chi connectivity index (χ1v) is 10.4. The molecule has 0 unspecified atom stereocenters. The summed E-state index contributed by atoms with van der Waals surface area (Å²) in [7, 11) is 1.99. The molecular formula is C20H39IN6. The van der Waals surface area contributed by atoms with Crippen molar-refractivity contribution in [3.63, 3.8) is 0 Å². The molecule has 0 atom stereocenters. The molecule has 0 aromatic carbocycles. The maximum atomic E-state index is 4.74. The predicted molar refractivity (Wildman–Crippen MR) is 123 cm³/mol. The van der Waals surface area contributed by atoms with E-state index in [4.69, 9.17) is 4.99 Å². The number of aryl methyl sites for hydroxylation is 1. The Kier molecular flexibility index (Phi) is 11.3. The van der Waals surface area contributed by atoms with Crippen LogP contribution >= 0.6 is 24.0 Å². The molecule has 27 heavy (non-hydrogen) atoms. The van der Waals surface area contributed by atoms with E-state index in [0.29, 0.717) is 6.54 Å². The molecule has 2 rings (SSSR count). The standard InChI is InChI=1S/C20H38N6.HI/c1-6-7-12-21-20(23-14-19-25-24-16(4)26(19)5)22-13-17-8-10-18(11-9-17)15(2)3;/h15,17-18H,6-14H2,1-5H3,(H2,21,22,23);1H. The molecule has 1 heterocycles. The van der Waals surface area contributed by atoms with Crippen molar-refractivity contribution in [3.05, 3.63) is 11.6 Å². The number of aromatic nitrogens is 3. The van der Waals surface area contributed by atoms with Gasteiger partial charge in [0, 0.05) is 20.1 Å². The van der Waals surface area contributed by atoms with Gasteiger partial charge < -0.3 is 15.2 Å². The van der Waals surface area contributed by atoms with E-state index in [1.165, 1.54) is 32.1 Å². The Bertz CT molecular complexity index is 561. The minimum Gasteiger partial charge on any atom is -0.356 e. The molecule has 1 aromatic heterocycles. The van der Waals surface area contributed by atoms with Gasteiger partial charge in [0.05, 0.1) is 0 Å². The van der Waals surface area contributed by atoms with Gasteiger partial charge in [-0.05, 0) is 56.8 Å². The van der Waals surface area contributed by atoms with Crippen LogP contribution in [0.4, 0.5) is 0 Å². The summed E-state index contributed by atoms with van der Waals surface area (Å²) < 4.78 is 2.00. The van der Waals surface area contributed by atoms with Crippen LogP contribution in [0.25, 0.3) is 0 Å². The van der Waals surface area contributed by atoms with Crippen molar-refractivity contribution < 1.29 is 0 Å². The van der Waals surface area contributed by atoms with Crippen LogP contribution in [-0.2, 0) is 13.6 Å². The molecule has 0 saturated heterocycles. The number of halogens is 1. The first-order valence-electron chi connectivity index (χ1n) is 10.4. The molecule has 6 nitrogen and oxygen atoms in total. The van der Waals surface area contributed by atoms with Crippen LogP contribution < -0.4 is 10.6 Å². The lowest BCUT2D eigenvalue weighted by atomic mass is 9.77. The number of rotatable bonds is 8. The average molecular weight is 490 g/mol. The third-order valence-corrected chi connectivity index (χ3v) is 5.78. The summed E-state index contributed by atoms with van der Waals surface area (Å²) in [4.78, 5) is 4.74. The summed E-state index contributed by atoms with van der Waals surface area (Å²) in [6.07, 6.45) is 7.75. The molecule has 1 aliphatic carbocycles. The number of nitrogens with one attached hydrogen (secondary N) is 2. The van der Waals surface area contributed by atoms with Crippen molar-refractivity contribution in [1.29, 1.82) is 0 Å². The Morgan fingerprint density at radius 1 is 1.19 bits per heavy atom. The molecule has 156 valence electrons.